The molecule has 2 heterocycles. The van der Waals surface area contributed by atoms with Gasteiger partial charge in [-0.25, -0.2) is 9.78 Å². The third kappa shape index (κ3) is 5.64. The number of nitrogens with one attached hydrogen (secondary N) is 2. The average Bonchev–Trinajstić information content (AvgIpc) is 3.03. The van der Waals surface area contributed by atoms with Crippen LogP contribution in [-0.4, -0.2) is 39.9 Å². The molecule has 0 aliphatic carbocycles. The molecule has 32 heavy (non-hydrogen) atoms. The topological polar surface area (TPSA) is 101 Å². The van der Waals surface area contributed by atoms with E-state index in [0.29, 0.717) is 27.4 Å². The Morgan fingerprint density at radius 1 is 1.31 bits per heavy atom. The summed E-state index contributed by atoms with van der Waals surface area (Å²) < 4.78 is 5.37. The molecule has 1 amide bonds. The number of aromatic amines is 1. The third-order valence-corrected chi connectivity index (χ3v) is 7.11. The number of benzene rings is 1. The standard InChI is InChI=1S/C21H21Cl2N3O4S2/c1-10-11(2)32-20-17(10)19(28)25-16(26-20)9-30-21(29)15(6-7-31-3)24-18(27)13-5-4-12(22)8-14(13)23/h4-5,8,15H,6-7,9H2,1-3H3,(H,24,27)(H,25,26,28). The van der Waals surface area contributed by atoms with Crippen LogP contribution < -0.4 is 10.9 Å². The number of halogens is 2. The first-order valence-electron chi connectivity index (χ1n) is 9.61. The number of hydrogen-bond acceptors (Lipinski definition) is 7. The van der Waals surface area contributed by atoms with E-state index in [4.69, 9.17) is 27.9 Å². The van der Waals surface area contributed by atoms with Gasteiger partial charge in [0, 0.05) is 9.90 Å². The lowest BCUT2D eigenvalue weighted by atomic mass is 10.1. The van der Waals surface area contributed by atoms with E-state index in [1.165, 1.54) is 35.2 Å². The molecular weight excluding hydrogens is 493 g/mol. The predicted octanol–water partition coefficient (Wildman–Crippen LogP) is 4.50. The number of hydrogen-bond donors (Lipinski definition) is 2. The van der Waals surface area contributed by atoms with E-state index in [9.17, 15) is 14.4 Å². The van der Waals surface area contributed by atoms with Crippen LogP contribution in [0, 0.1) is 13.8 Å². The molecule has 0 bridgehead atoms. The normalized spacial score (nSPS) is 12.0. The minimum atomic E-state index is -0.886. The monoisotopic (exact) mass is 513 g/mol. The summed E-state index contributed by atoms with van der Waals surface area (Å²) in [5, 5.41) is 3.81. The molecule has 0 radical (unpaired) electrons. The fourth-order valence-corrected chi connectivity index (χ4v) is 5.02. The first-order valence-corrected chi connectivity index (χ1v) is 12.6. The molecule has 3 aromatic rings. The maximum Gasteiger partial charge on any atom is 0.329 e. The van der Waals surface area contributed by atoms with E-state index in [1.54, 1.807) is 6.07 Å². The van der Waals surface area contributed by atoms with Crippen LogP contribution in [0.3, 0.4) is 0 Å². The number of rotatable bonds is 8. The third-order valence-electron chi connectivity index (χ3n) is 4.82. The maximum atomic E-state index is 12.7. The zero-order valence-electron chi connectivity index (χ0n) is 17.6. The van der Waals surface area contributed by atoms with Gasteiger partial charge in [-0.1, -0.05) is 23.2 Å². The lowest BCUT2D eigenvalue weighted by molar-refractivity contribution is -0.147. The number of nitrogens with zero attached hydrogens (tertiary/aromatic N) is 1. The van der Waals surface area contributed by atoms with Crippen LogP contribution in [0.1, 0.15) is 33.0 Å². The molecular formula is C21H21Cl2N3O4S2. The van der Waals surface area contributed by atoms with Gasteiger partial charge in [0.15, 0.2) is 0 Å². The van der Waals surface area contributed by atoms with Crippen molar-refractivity contribution in [2.24, 2.45) is 0 Å². The molecule has 11 heteroatoms. The number of thioether (sulfide) groups is 1. The summed E-state index contributed by atoms with van der Waals surface area (Å²) in [7, 11) is 0. The smallest absolute Gasteiger partial charge is 0.329 e. The van der Waals surface area contributed by atoms with E-state index >= 15 is 0 Å². The van der Waals surface area contributed by atoms with E-state index < -0.39 is 17.9 Å². The molecule has 3 rings (SSSR count). The molecule has 0 saturated heterocycles. The first kappa shape index (κ1) is 24.6. The first-order chi connectivity index (χ1) is 15.2. The van der Waals surface area contributed by atoms with Gasteiger partial charge >= 0.3 is 5.97 Å². The molecule has 2 aromatic heterocycles. The van der Waals surface area contributed by atoms with Gasteiger partial charge in [-0.2, -0.15) is 11.8 Å². The van der Waals surface area contributed by atoms with Crippen molar-refractivity contribution >= 4 is 68.4 Å². The van der Waals surface area contributed by atoms with E-state index in [0.717, 1.165) is 10.4 Å². The highest BCUT2D eigenvalue weighted by Crippen LogP contribution is 2.26. The van der Waals surface area contributed by atoms with Crippen molar-refractivity contribution in [1.82, 2.24) is 15.3 Å². The Labute approximate surface area is 202 Å². The average molecular weight is 514 g/mol. The largest absolute Gasteiger partial charge is 0.456 e. The van der Waals surface area contributed by atoms with Gasteiger partial charge in [0.05, 0.1) is 16.0 Å². The number of carbonyl (C=O) groups is 2. The summed E-state index contributed by atoms with van der Waals surface area (Å²) in [4.78, 5) is 46.4. The van der Waals surface area contributed by atoms with Crippen molar-refractivity contribution in [2.75, 3.05) is 12.0 Å². The highest BCUT2D eigenvalue weighted by molar-refractivity contribution is 7.98. The quantitative estimate of drug-likeness (QED) is 0.430. The van der Waals surface area contributed by atoms with Gasteiger partial charge in [0.25, 0.3) is 11.5 Å². The maximum absolute atomic E-state index is 12.7. The molecule has 1 aromatic carbocycles. The minimum absolute atomic E-state index is 0.184. The summed E-state index contributed by atoms with van der Waals surface area (Å²) in [6, 6.07) is 3.61. The van der Waals surface area contributed by atoms with Crippen LogP contribution in [-0.2, 0) is 16.1 Å². The van der Waals surface area contributed by atoms with Crippen LogP contribution in [0.2, 0.25) is 10.0 Å². The number of carbonyl (C=O) groups excluding carboxylic acids is 2. The second kappa shape index (κ2) is 10.7. The van der Waals surface area contributed by atoms with Crippen molar-refractivity contribution in [3.8, 4) is 0 Å². The summed E-state index contributed by atoms with van der Waals surface area (Å²) in [5.41, 5.74) is 0.827. The van der Waals surface area contributed by atoms with Crippen LogP contribution in [0.15, 0.2) is 23.0 Å². The highest BCUT2D eigenvalue weighted by Gasteiger charge is 2.24. The van der Waals surface area contributed by atoms with Gasteiger partial charge in [-0.3, -0.25) is 9.59 Å². The van der Waals surface area contributed by atoms with E-state index in [1.807, 2.05) is 20.1 Å². The van der Waals surface area contributed by atoms with E-state index in [2.05, 4.69) is 15.3 Å². The van der Waals surface area contributed by atoms with Crippen molar-refractivity contribution < 1.29 is 14.3 Å². The zero-order chi connectivity index (χ0) is 23.4. The molecule has 0 aliphatic heterocycles. The summed E-state index contributed by atoms with van der Waals surface area (Å²) in [5.74, 6) is -0.262. The second-order valence-electron chi connectivity index (χ2n) is 7.02. The number of aromatic nitrogens is 2. The Balaban J connectivity index is 1.72. The Bertz CT molecular complexity index is 1230. The summed E-state index contributed by atoms with van der Waals surface area (Å²) in [6.45, 7) is 3.58. The number of aryl methyl sites for hydroxylation is 2. The number of amides is 1. The fraction of sp³-hybridized carbons (Fsp3) is 0.333. The Morgan fingerprint density at radius 2 is 2.06 bits per heavy atom. The van der Waals surface area contributed by atoms with Crippen LogP contribution >= 0.6 is 46.3 Å². The van der Waals surface area contributed by atoms with Crippen molar-refractivity contribution in [1.29, 1.82) is 0 Å². The number of fused-ring (bicyclic) bond motifs is 1. The Kier molecular flexibility index (Phi) is 8.21. The summed E-state index contributed by atoms with van der Waals surface area (Å²) >= 11 is 14.9. The molecule has 0 spiro atoms. The lowest BCUT2D eigenvalue weighted by Crippen LogP contribution is -2.42. The van der Waals surface area contributed by atoms with Crippen LogP contribution in [0.5, 0.6) is 0 Å². The molecule has 0 aliphatic rings. The van der Waals surface area contributed by atoms with Gasteiger partial charge in [0.1, 0.15) is 23.3 Å². The van der Waals surface area contributed by atoms with Gasteiger partial charge in [-0.15, -0.1) is 11.3 Å². The molecule has 0 fully saturated rings. The number of H-pyrrole nitrogens is 1. The molecule has 7 nitrogen and oxygen atoms in total. The zero-order valence-corrected chi connectivity index (χ0v) is 20.7. The predicted molar refractivity (Wildman–Crippen MR) is 130 cm³/mol. The van der Waals surface area contributed by atoms with E-state index in [-0.39, 0.29) is 28.6 Å². The van der Waals surface area contributed by atoms with Crippen molar-refractivity contribution in [3.05, 3.63) is 60.4 Å². The van der Waals surface area contributed by atoms with Crippen molar-refractivity contribution in [2.45, 2.75) is 32.9 Å². The van der Waals surface area contributed by atoms with Gasteiger partial charge < -0.3 is 15.0 Å². The number of ether oxygens (including phenoxy) is 1. The van der Waals surface area contributed by atoms with Gasteiger partial charge in [-0.05, 0) is 56.0 Å². The second-order valence-corrected chi connectivity index (χ2v) is 10.0. The lowest BCUT2D eigenvalue weighted by Gasteiger charge is -2.17. The molecule has 1 atom stereocenters. The molecule has 2 N–H and O–H groups in total. The molecule has 1 unspecified atom stereocenters. The van der Waals surface area contributed by atoms with Crippen molar-refractivity contribution in [3.63, 3.8) is 0 Å². The highest BCUT2D eigenvalue weighted by atomic mass is 35.5. The SMILES string of the molecule is CSCCC(NC(=O)c1ccc(Cl)cc1Cl)C(=O)OCc1nc2sc(C)c(C)c2c(=O)[nH]1. The molecule has 170 valence electrons. The fourth-order valence-electron chi connectivity index (χ4n) is 3.00. The molecule has 0 saturated carbocycles. The Morgan fingerprint density at radius 3 is 2.75 bits per heavy atom. The number of thiophene rings is 1. The minimum Gasteiger partial charge on any atom is -0.456 e. The van der Waals surface area contributed by atoms with Crippen LogP contribution in [0.25, 0.3) is 10.2 Å². The Hall–Kier alpha value is -2.07. The van der Waals surface area contributed by atoms with Gasteiger partial charge in [0.2, 0.25) is 0 Å². The summed E-state index contributed by atoms with van der Waals surface area (Å²) in [6.07, 6.45) is 2.26. The number of esters is 1. The van der Waals surface area contributed by atoms with Crippen LogP contribution in [0.4, 0.5) is 0 Å².